The van der Waals surface area contributed by atoms with E-state index in [-0.39, 0.29) is 11.9 Å². The third-order valence-electron chi connectivity index (χ3n) is 4.75. The van der Waals surface area contributed by atoms with E-state index < -0.39 is 0 Å². The fraction of sp³-hybridized carbons (Fsp3) is 0.300. The number of aromatic amines is 1. The number of rotatable bonds is 5. The third-order valence-corrected chi connectivity index (χ3v) is 4.75. The van der Waals surface area contributed by atoms with Crippen LogP contribution >= 0.6 is 0 Å². The maximum atomic E-state index is 12.2. The van der Waals surface area contributed by atoms with Crippen LogP contribution in [0.5, 0.6) is 0 Å². The number of H-pyrrole nitrogens is 1. The minimum absolute atomic E-state index is 0.0605. The van der Waals surface area contributed by atoms with Crippen molar-refractivity contribution in [3.63, 3.8) is 0 Å². The van der Waals surface area contributed by atoms with Gasteiger partial charge in [-0.1, -0.05) is 36.4 Å². The number of nitrogens with one attached hydrogen (secondary N) is 3. The van der Waals surface area contributed by atoms with Crippen LogP contribution in [0.2, 0.25) is 0 Å². The fourth-order valence-electron chi connectivity index (χ4n) is 3.44. The van der Waals surface area contributed by atoms with Crippen LogP contribution in [-0.2, 0) is 17.6 Å². The second-order valence-electron chi connectivity index (χ2n) is 6.46. The fourth-order valence-corrected chi connectivity index (χ4v) is 3.44. The van der Waals surface area contributed by atoms with Gasteiger partial charge in [0, 0.05) is 25.4 Å². The van der Waals surface area contributed by atoms with Gasteiger partial charge in [0.05, 0.1) is 11.0 Å². The smallest absolute Gasteiger partial charge is 0.220 e. The summed E-state index contributed by atoms with van der Waals surface area (Å²) >= 11 is 0. The van der Waals surface area contributed by atoms with Crippen molar-refractivity contribution in [2.75, 3.05) is 13.1 Å². The van der Waals surface area contributed by atoms with E-state index in [9.17, 15) is 4.79 Å². The number of para-hydroxylation sites is 2. The van der Waals surface area contributed by atoms with Crippen LogP contribution in [0.4, 0.5) is 0 Å². The van der Waals surface area contributed by atoms with E-state index in [0.29, 0.717) is 19.4 Å². The van der Waals surface area contributed by atoms with Crippen LogP contribution in [-0.4, -0.2) is 29.0 Å². The highest BCUT2D eigenvalue weighted by molar-refractivity contribution is 5.77. The number of carbonyl (C=O) groups is 1. The summed E-state index contributed by atoms with van der Waals surface area (Å²) in [7, 11) is 0. The van der Waals surface area contributed by atoms with Gasteiger partial charge < -0.3 is 15.6 Å². The van der Waals surface area contributed by atoms with Crippen LogP contribution in [0.1, 0.15) is 29.4 Å². The van der Waals surface area contributed by atoms with E-state index in [4.69, 9.17) is 0 Å². The number of benzene rings is 2. The van der Waals surface area contributed by atoms with Gasteiger partial charge in [0.2, 0.25) is 5.91 Å². The molecule has 128 valence electrons. The average Bonchev–Trinajstić information content (AvgIpc) is 3.07. The first-order chi connectivity index (χ1) is 12.3. The van der Waals surface area contributed by atoms with Gasteiger partial charge in [0.1, 0.15) is 5.82 Å². The summed E-state index contributed by atoms with van der Waals surface area (Å²) in [6, 6.07) is 16.6. The van der Waals surface area contributed by atoms with Gasteiger partial charge in [0.25, 0.3) is 0 Å². The first kappa shape index (κ1) is 15.8. The molecule has 0 bridgehead atoms. The Morgan fingerprint density at radius 3 is 2.92 bits per heavy atom. The van der Waals surface area contributed by atoms with Gasteiger partial charge in [-0.15, -0.1) is 0 Å². The van der Waals surface area contributed by atoms with Crippen molar-refractivity contribution in [1.82, 2.24) is 20.6 Å². The topological polar surface area (TPSA) is 69.8 Å². The molecular formula is C20H22N4O. The number of aryl methyl sites for hydroxylation is 1. The predicted molar refractivity (Wildman–Crippen MR) is 98.3 cm³/mol. The molecule has 0 saturated heterocycles. The highest BCUT2D eigenvalue weighted by Crippen LogP contribution is 2.21. The molecule has 5 heteroatoms. The molecule has 0 fully saturated rings. The Hall–Kier alpha value is -2.66. The van der Waals surface area contributed by atoms with Crippen LogP contribution in [0.15, 0.2) is 48.5 Å². The van der Waals surface area contributed by atoms with Gasteiger partial charge in [0.15, 0.2) is 0 Å². The van der Waals surface area contributed by atoms with Crippen molar-refractivity contribution in [3.8, 4) is 0 Å². The van der Waals surface area contributed by atoms with E-state index in [0.717, 1.165) is 29.8 Å². The minimum atomic E-state index is 0.0605. The molecule has 0 aliphatic carbocycles. The highest BCUT2D eigenvalue weighted by atomic mass is 16.1. The first-order valence-electron chi connectivity index (χ1n) is 8.81. The molecule has 1 aliphatic rings. The third kappa shape index (κ3) is 3.56. The van der Waals surface area contributed by atoms with Crippen LogP contribution < -0.4 is 10.6 Å². The number of aromatic nitrogens is 2. The highest BCUT2D eigenvalue weighted by Gasteiger charge is 2.19. The van der Waals surface area contributed by atoms with Crippen molar-refractivity contribution in [1.29, 1.82) is 0 Å². The van der Waals surface area contributed by atoms with Gasteiger partial charge in [-0.2, -0.15) is 0 Å². The molecule has 0 saturated carbocycles. The maximum absolute atomic E-state index is 12.2. The summed E-state index contributed by atoms with van der Waals surface area (Å²) in [5, 5.41) is 6.54. The van der Waals surface area contributed by atoms with E-state index >= 15 is 0 Å². The summed E-state index contributed by atoms with van der Waals surface area (Å²) in [6.45, 7) is 1.58. The molecule has 1 amide bonds. The molecule has 2 heterocycles. The molecule has 5 nitrogen and oxygen atoms in total. The Morgan fingerprint density at radius 1 is 1.16 bits per heavy atom. The van der Waals surface area contributed by atoms with Crippen molar-refractivity contribution in [2.24, 2.45) is 0 Å². The lowest BCUT2D eigenvalue weighted by Crippen LogP contribution is -2.38. The molecule has 25 heavy (non-hydrogen) atoms. The quantitative estimate of drug-likeness (QED) is 0.671. The number of imidazole rings is 1. The van der Waals surface area contributed by atoms with E-state index in [1.807, 2.05) is 24.3 Å². The number of nitrogens with zero attached hydrogens (tertiary/aromatic N) is 1. The molecule has 0 spiro atoms. The summed E-state index contributed by atoms with van der Waals surface area (Å²) in [5.74, 6) is 0.919. The Labute approximate surface area is 146 Å². The van der Waals surface area contributed by atoms with Crippen molar-refractivity contribution in [2.45, 2.75) is 25.3 Å². The average molecular weight is 334 g/mol. The molecule has 1 atom stereocenters. The summed E-state index contributed by atoms with van der Waals surface area (Å²) < 4.78 is 0. The Morgan fingerprint density at radius 2 is 2.00 bits per heavy atom. The normalized spacial score (nSPS) is 16.6. The van der Waals surface area contributed by atoms with Crippen molar-refractivity contribution >= 4 is 16.9 Å². The number of carbonyl (C=O) groups excluding carboxylic acids is 1. The largest absolute Gasteiger partial charge is 0.354 e. The van der Waals surface area contributed by atoms with Gasteiger partial charge in [-0.25, -0.2) is 4.98 Å². The van der Waals surface area contributed by atoms with Crippen LogP contribution in [0.3, 0.4) is 0 Å². The second-order valence-corrected chi connectivity index (χ2v) is 6.46. The molecule has 4 rings (SSSR count). The summed E-state index contributed by atoms with van der Waals surface area (Å²) in [6.07, 6.45) is 2.11. The monoisotopic (exact) mass is 334 g/mol. The zero-order chi connectivity index (χ0) is 17.1. The summed E-state index contributed by atoms with van der Waals surface area (Å²) in [4.78, 5) is 20.0. The lowest BCUT2D eigenvalue weighted by Gasteiger charge is -2.27. The van der Waals surface area contributed by atoms with Crippen LogP contribution in [0.25, 0.3) is 11.0 Å². The molecule has 2 aromatic carbocycles. The van der Waals surface area contributed by atoms with Crippen LogP contribution in [0, 0.1) is 0 Å². The first-order valence-corrected chi connectivity index (χ1v) is 8.81. The molecule has 1 unspecified atom stereocenters. The molecular weight excluding hydrogens is 312 g/mol. The Balaban J connectivity index is 1.31. The lowest BCUT2D eigenvalue weighted by molar-refractivity contribution is -0.121. The van der Waals surface area contributed by atoms with Gasteiger partial charge in [-0.3, -0.25) is 4.79 Å². The standard InChI is InChI=1S/C20H22N4O/c25-20(10-9-19-23-16-7-3-4-8-17(16)24-19)22-13-18-15-6-2-1-5-14(15)11-12-21-18/h1-8,18,21H,9-13H2,(H,22,25)(H,23,24). The number of fused-ring (bicyclic) bond motifs is 2. The second kappa shape index (κ2) is 7.07. The molecule has 1 aromatic heterocycles. The molecule has 0 radical (unpaired) electrons. The van der Waals surface area contributed by atoms with Crippen molar-refractivity contribution in [3.05, 3.63) is 65.5 Å². The Bertz CT molecular complexity index is 853. The van der Waals surface area contributed by atoms with E-state index in [2.05, 4.69) is 44.9 Å². The lowest BCUT2D eigenvalue weighted by atomic mass is 9.94. The molecule has 1 aliphatic heterocycles. The maximum Gasteiger partial charge on any atom is 0.220 e. The number of hydrogen-bond acceptors (Lipinski definition) is 3. The predicted octanol–water partition coefficient (Wildman–Crippen LogP) is 2.50. The SMILES string of the molecule is O=C(CCc1nc2ccccc2[nH]1)NCC1NCCc2ccccc21. The number of amides is 1. The van der Waals surface area contributed by atoms with Gasteiger partial charge in [-0.05, 0) is 36.2 Å². The summed E-state index contributed by atoms with van der Waals surface area (Å²) in [5.41, 5.74) is 4.64. The zero-order valence-corrected chi connectivity index (χ0v) is 14.1. The molecule has 3 N–H and O–H groups in total. The van der Waals surface area contributed by atoms with E-state index in [1.165, 1.54) is 11.1 Å². The van der Waals surface area contributed by atoms with E-state index in [1.54, 1.807) is 0 Å². The molecule has 3 aromatic rings. The minimum Gasteiger partial charge on any atom is -0.354 e. The number of hydrogen-bond donors (Lipinski definition) is 3. The zero-order valence-electron chi connectivity index (χ0n) is 14.1. The Kier molecular flexibility index (Phi) is 4.48. The van der Waals surface area contributed by atoms with Crippen molar-refractivity contribution < 1.29 is 4.79 Å². The van der Waals surface area contributed by atoms with Gasteiger partial charge >= 0.3 is 0 Å².